The van der Waals surface area contributed by atoms with Crippen LogP contribution in [0.1, 0.15) is 48.0 Å². The first kappa shape index (κ1) is 22.1. The van der Waals surface area contributed by atoms with Crippen LogP contribution < -0.4 is 5.32 Å². The maximum absolute atomic E-state index is 14.1. The first-order valence-corrected chi connectivity index (χ1v) is 11.4. The van der Waals surface area contributed by atoms with E-state index in [1.54, 1.807) is 10.6 Å². The summed E-state index contributed by atoms with van der Waals surface area (Å²) in [7, 11) is 0. The Labute approximate surface area is 194 Å². The molecule has 2 aliphatic rings. The van der Waals surface area contributed by atoms with E-state index in [0.717, 1.165) is 34.2 Å². The minimum absolute atomic E-state index is 0.000459. The number of benzene rings is 1. The summed E-state index contributed by atoms with van der Waals surface area (Å²) in [5, 5.41) is 14.6. The molecule has 2 aromatic heterocycles. The third-order valence-corrected chi connectivity index (χ3v) is 6.83. The number of nitrogens with zero attached hydrogens (tertiary/aromatic N) is 4. The van der Waals surface area contributed by atoms with Gasteiger partial charge in [-0.2, -0.15) is 23.4 Å². The zero-order valence-corrected chi connectivity index (χ0v) is 19.1. The Bertz CT molecular complexity index is 1220. The summed E-state index contributed by atoms with van der Waals surface area (Å²) < 4.78 is 51.1. The van der Waals surface area contributed by atoms with Crippen LogP contribution in [0.15, 0.2) is 24.3 Å². The highest BCUT2D eigenvalue weighted by Crippen LogP contribution is 2.44. The molecule has 0 saturated carbocycles. The van der Waals surface area contributed by atoms with E-state index >= 15 is 0 Å². The zero-order chi connectivity index (χ0) is 23.3. The number of halogens is 3. The molecule has 3 aromatic rings. The molecule has 0 bridgehead atoms. The molecule has 5 rings (SSSR count). The van der Waals surface area contributed by atoms with E-state index in [-0.39, 0.29) is 12.5 Å². The normalized spacial score (nSPS) is 22.9. The summed E-state index contributed by atoms with van der Waals surface area (Å²) in [6.07, 6.45) is -2.72. The van der Waals surface area contributed by atoms with Crippen molar-refractivity contribution in [1.82, 2.24) is 24.5 Å². The molecule has 3 atom stereocenters. The smallest absolute Gasteiger partial charge is 0.376 e. The lowest BCUT2D eigenvalue weighted by Crippen LogP contribution is -2.35. The van der Waals surface area contributed by atoms with Gasteiger partial charge in [0.1, 0.15) is 11.5 Å². The van der Waals surface area contributed by atoms with Crippen LogP contribution in [0.3, 0.4) is 0 Å². The van der Waals surface area contributed by atoms with Crippen LogP contribution in [0.5, 0.6) is 0 Å². The highest BCUT2D eigenvalue weighted by molar-refractivity contribution is 7.71. The topological polar surface area (TPSA) is 72.7 Å². The fourth-order valence-electron chi connectivity index (χ4n) is 4.56. The third kappa shape index (κ3) is 4.19. The number of hydrogen-bond donors (Lipinski definition) is 2. The van der Waals surface area contributed by atoms with E-state index in [9.17, 15) is 13.2 Å². The Morgan fingerprint density at radius 3 is 2.73 bits per heavy atom. The average Bonchev–Trinajstić information content (AvgIpc) is 3.49. The summed E-state index contributed by atoms with van der Waals surface area (Å²) in [5.74, 6) is 0.710. The van der Waals surface area contributed by atoms with Crippen molar-refractivity contribution in [2.45, 2.75) is 64.0 Å². The van der Waals surface area contributed by atoms with Crippen molar-refractivity contribution in [2.75, 3.05) is 11.9 Å². The van der Waals surface area contributed by atoms with Crippen molar-refractivity contribution in [3.05, 3.63) is 45.7 Å². The molecular formula is C22H25F3N6OS. The zero-order valence-electron chi connectivity index (χ0n) is 18.3. The van der Waals surface area contributed by atoms with Gasteiger partial charge >= 0.3 is 6.18 Å². The molecule has 0 amide bonds. The Morgan fingerprint density at radius 2 is 2.03 bits per heavy atom. The molecule has 7 nitrogen and oxygen atoms in total. The van der Waals surface area contributed by atoms with Gasteiger partial charge in [-0.05, 0) is 55.6 Å². The summed E-state index contributed by atoms with van der Waals surface area (Å²) in [5.41, 5.74) is 3.30. The van der Waals surface area contributed by atoms with E-state index in [0.29, 0.717) is 35.3 Å². The van der Waals surface area contributed by atoms with Gasteiger partial charge in [0.15, 0.2) is 16.6 Å². The molecule has 33 heavy (non-hydrogen) atoms. The number of aromatic nitrogens is 5. The van der Waals surface area contributed by atoms with Crippen molar-refractivity contribution in [1.29, 1.82) is 0 Å². The number of anilines is 1. The number of rotatable bonds is 4. The predicted molar refractivity (Wildman–Crippen MR) is 120 cm³/mol. The lowest BCUT2D eigenvalue weighted by Gasteiger charge is -2.33. The van der Waals surface area contributed by atoms with E-state index in [1.165, 1.54) is 0 Å². The Morgan fingerprint density at radius 1 is 1.21 bits per heavy atom. The van der Waals surface area contributed by atoms with Crippen molar-refractivity contribution >= 4 is 18.0 Å². The van der Waals surface area contributed by atoms with Crippen LogP contribution in [0.4, 0.5) is 19.0 Å². The molecule has 2 aliphatic heterocycles. The molecule has 0 spiro atoms. The molecule has 1 saturated heterocycles. The highest BCUT2D eigenvalue weighted by Gasteiger charge is 2.46. The van der Waals surface area contributed by atoms with Gasteiger partial charge in [-0.15, -0.1) is 0 Å². The van der Waals surface area contributed by atoms with Gasteiger partial charge in [0.05, 0.1) is 18.7 Å². The highest BCUT2D eigenvalue weighted by atomic mass is 32.1. The van der Waals surface area contributed by atoms with Crippen LogP contribution in [0, 0.1) is 18.6 Å². The van der Waals surface area contributed by atoms with Crippen LogP contribution in [0.2, 0.25) is 0 Å². The van der Waals surface area contributed by atoms with Gasteiger partial charge in [0.25, 0.3) is 0 Å². The average molecular weight is 479 g/mol. The van der Waals surface area contributed by atoms with Gasteiger partial charge in [-0.3, -0.25) is 9.67 Å². The van der Waals surface area contributed by atoms with Gasteiger partial charge < -0.3 is 10.1 Å². The molecule has 2 N–H and O–H groups in total. The van der Waals surface area contributed by atoms with Crippen molar-refractivity contribution in [3.63, 3.8) is 0 Å². The van der Waals surface area contributed by atoms with Crippen molar-refractivity contribution in [2.24, 2.45) is 0 Å². The van der Waals surface area contributed by atoms with Crippen LogP contribution in [0.25, 0.3) is 11.5 Å². The van der Waals surface area contributed by atoms with Gasteiger partial charge in [0, 0.05) is 19.1 Å². The number of hydrogen-bond acceptors (Lipinski definition) is 5. The molecule has 176 valence electrons. The maximum atomic E-state index is 14.1. The molecule has 1 aromatic carbocycles. The van der Waals surface area contributed by atoms with Crippen molar-refractivity contribution < 1.29 is 17.9 Å². The first-order chi connectivity index (χ1) is 15.7. The van der Waals surface area contributed by atoms with E-state index in [4.69, 9.17) is 17.0 Å². The molecule has 4 heterocycles. The second-order valence-electron chi connectivity index (χ2n) is 8.79. The second kappa shape index (κ2) is 8.28. The number of aryl methyl sites for hydroxylation is 2. The summed E-state index contributed by atoms with van der Waals surface area (Å²) in [6, 6.07) is 5.15. The van der Waals surface area contributed by atoms with Gasteiger partial charge in [0.2, 0.25) is 0 Å². The SMILES string of the molecule is Cc1ccc([C@H]2C[C@H](C(F)(F)F)n3nc(-c4n[nH]c(=S)n4C[C@@H]4CCCO4)cc3N2)cc1C. The monoisotopic (exact) mass is 478 g/mol. The lowest BCUT2D eigenvalue weighted by atomic mass is 9.94. The maximum Gasteiger partial charge on any atom is 0.410 e. The third-order valence-electron chi connectivity index (χ3n) is 6.52. The molecule has 0 radical (unpaired) electrons. The number of H-pyrrole nitrogens is 1. The molecule has 0 aliphatic carbocycles. The number of alkyl halides is 3. The van der Waals surface area contributed by atoms with Gasteiger partial charge in [-0.25, -0.2) is 4.68 Å². The van der Waals surface area contributed by atoms with Crippen molar-refractivity contribution in [3.8, 4) is 11.5 Å². The van der Waals surface area contributed by atoms with Crippen LogP contribution in [-0.4, -0.2) is 43.4 Å². The second-order valence-corrected chi connectivity index (χ2v) is 9.18. The number of ether oxygens (including phenoxy) is 1. The van der Waals surface area contributed by atoms with Crippen LogP contribution >= 0.6 is 12.2 Å². The lowest BCUT2D eigenvalue weighted by molar-refractivity contribution is -0.173. The van der Waals surface area contributed by atoms with Crippen LogP contribution in [-0.2, 0) is 11.3 Å². The molecule has 1 fully saturated rings. The fourth-order valence-corrected chi connectivity index (χ4v) is 4.76. The standard InChI is InChI=1S/C22H25F3N6OS/c1-12-5-6-14(8-13(12)2)16-9-18(22(23,24)25)31-19(26-16)10-17(29-31)20-27-28-21(33)30(20)11-15-4-3-7-32-15/h5-6,8,10,15-16,18,26H,3-4,7,9,11H2,1-2H3,(H,28,33)/t15-,16+,18+/m0/s1. The molecule has 0 unspecified atom stereocenters. The number of aromatic amines is 1. The summed E-state index contributed by atoms with van der Waals surface area (Å²) in [6.45, 7) is 5.12. The fraction of sp³-hybridized carbons (Fsp3) is 0.500. The largest absolute Gasteiger partial charge is 0.410 e. The quantitative estimate of drug-likeness (QED) is 0.501. The van der Waals surface area contributed by atoms with E-state index in [2.05, 4.69) is 20.6 Å². The number of nitrogens with one attached hydrogen (secondary N) is 2. The Hall–Kier alpha value is -2.66. The first-order valence-electron chi connectivity index (χ1n) is 11.0. The number of fused-ring (bicyclic) bond motifs is 1. The molecular weight excluding hydrogens is 453 g/mol. The summed E-state index contributed by atoms with van der Waals surface area (Å²) >= 11 is 5.36. The van der Waals surface area contributed by atoms with Gasteiger partial charge in [-0.1, -0.05) is 18.2 Å². The minimum atomic E-state index is -4.44. The predicted octanol–water partition coefficient (Wildman–Crippen LogP) is 5.26. The molecule has 11 heteroatoms. The minimum Gasteiger partial charge on any atom is -0.376 e. The van der Waals surface area contributed by atoms with E-state index < -0.39 is 18.3 Å². The van der Waals surface area contributed by atoms with E-state index in [1.807, 2.05) is 32.0 Å². The Kier molecular flexibility index (Phi) is 5.56. The summed E-state index contributed by atoms with van der Waals surface area (Å²) in [4.78, 5) is 0. The Balaban J connectivity index is 1.52.